The van der Waals surface area contributed by atoms with E-state index in [1.807, 2.05) is 0 Å². The van der Waals surface area contributed by atoms with Crippen LogP contribution in [0.4, 0.5) is 0 Å². The van der Waals surface area contributed by atoms with E-state index in [4.69, 9.17) is 9.47 Å². The molecule has 1 saturated carbocycles. The van der Waals surface area contributed by atoms with Crippen LogP contribution in [0, 0.1) is 5.92 Å². The maximum Gasteiger partial charge on any atom is 0.170 e. The van der Waals surface area contributed by atoms with Gasteiger partial charge in [-0.3, -0.25) is 0 Å². The fraction of sp³-hybridized carbons (Fsp3) is 1.00. The summed E-state index contributed by atoms with van der Waals surface area (Å²) in [6, 6.07) is 0. The van der Waals surface area contributed by atoms with Gasteiger partial charge in [0.2, 0.25) is 0 Å². The molecule has 80 valence electrons. The minimum absolute atomic E-state index is 0.181. The number of likely N-dealkylation sites (tertiary alicyclic amines) is 1. The maximum atomic E-state index is 5.70. The lowest BCUT2D eigenvalue weighted by atomic mass is 10.0. The highest BCUT2D eigenvalue weighted by molar-refractivity contribution is 4.85. The second-order valence-corrected chi connectivity index (χ2v) is 4.85. The van der Waals surface area contributed by atoms with Crippen LogP contribution in [0.2, 0.25) is 0 Å². The molecular weight excluding hydrogens is 178 g/mol. The second kappa shape index (κ2) is 3.47. The summed E-state index contributed by atoms with van der Waals surface area (Å²) in [5.74, 6) is 0.828. The van der Waals surface area contributed by atoms with Crippen LogP contribution < -0.4 is 0 Å². The average molecular weight is 197 g/mol. The summed E-state index contributed by atoms with van der Waals surface area (Å²) in [4.78, 5) is 2.58. The van der Waals surface area contributed by atoms with Crippen LogP contribution in [0.3, 0.4) is 0 Å². The summed E-state index contributed by atoms with van der Waals surface area (Å²) in [7, 11) is 0. The van der Waals surface area contributed by atoms with Crippen LogP contribution in [0.5, 0.6) is 0 Å². The van der Waals surface area contributed by atoms with Crippen molar-refractivity contribution in [3.05, 3.63) is 0 Å². The summed E-state index contributed by atoms with van der Waals surface area (Å²) in [5, 5.41) is 0. The topological polar surface area (TPSA) is 21.7 Å². The SMILES string of the molecule is C1COC2(CCN(CC3CC3)CC2)O1. The molecule has 1 spiro atoms. The van der Waals surface area contributed by atoms with E-state index in [2.05, 4.69) is 4.90 Å². The maximum absolute atomic E-state index is 5.70. The molecule has 3 aliphatic rings. The Labute approximate surface area is 85.4 Å². The van der Waals surface area contributed by atoms with E-state index in [-0.39, 0.29) is 5.79 Å². The lowest BCUT2D eigenvalue weighted by molar-refractivity contribution is -0.185. The first-order valence-electron chi connectivity index (χ1n) is 5.87. The molecule has 2 heterocycles. The lowest BCUT2D eigenvalue weighted by Crippen LogP contribution is -2.45. The quantitative estimate of drug-likeness (QED) is 0.664. The van der Waals surface area contributed by atoms with Crippen LogP contribution in [0.15, 0.2) is 0 Å². The van der Waals surface area contributed by atoms with Crippen LogP contribution in [0.1, 0.15) is 25.7 Å². The third-order valence-corrected chi connectivity index (χ3v) is 3.64. The van der Waals surface area contributed by atoms with Gasteiger partial charge in [0.05, 0.1) is 13.2 Å². The van der Waals surface area contributed by atoms with E-state index in [1.165, 1.54) is 19.4 Å². The predicted molar refractivity (Wildman–Crippen MR) is 53.0 cm³/mol. The molecule has 0 unspecified atom stereocenters. The van der Waals surface area contributed by atoms with Gasteiger partial charge in [0.15, 0.2) is 5.79 Å². The number of rotatable bonds is 2. The first-order chi connectivity index (χ1) is 6.86. The number of nitrogens with zero attached hydrogens (tertiary/aromatic N) is 1. The van der Waals surface area contributed by atoms with Crippen molar-refractivity contribution < 1.29 is 9.47 Å². The van der Waals surface area contributed by atoms with E-state index < -0.39 is 0 Å². The Kier molecular flexibility index (Phi) is 2.26. The number of piperidine rings is 1. The van der Waals surface area contributed by atoms with Gasteiger partial charge in [-0.2, -0.15) is 0 Å². The average Bonchev–Trinajstić information content (AvgIpc) is 2.91. The van der Waals surface area contributed by atoms with Crippen molar-refractivity contribution in [3.8, 4) is 0 Å². The highest BCUT2D eigenvalue weighted by atomic mass is 16.7. The predicted octanol–water partition coefficient (Wildman–Crippen LogP) is 1.24. The van der Waals surface area contributed by atoms with Gasteiger partial charge in [0.25, 0.3) is 0 Å². The molecule has 3 fully saturated rings. The smallest absolute Gasteiger partial charge is 0.170 e. The molecular formula is C11H19NO2. The molecule has 14 heavy (non-hydrogen) atoms. The normalized spacial score (nSPS) is 32.6. The van der Waals surface area contributed by atoms with Gasteiger partial charge in [0, 0.05) is 32.5 Å². The van der Waals surface area contributed by atoms with Crippen molar-refractivity contribution in [2.45, 2.75) is 31.5 Å². The molecule has 3 nitrogen and oxygen atoms in total. The van der Waals surface area contributed by atoms with E-state index >= 15 is 0 Å². The largest absolute Gasteiger partial charge is 0.347 e. The number of hydrogen-bond donors (Lipinski definition) is 0. The van der Waals surface area contributed by atoms with Gasteiger partial charge >= 0.3 is 0 Å². The number of hydrogen-bond acceptors (Lipinski definition) is 3. The zero-order valence-corrected chi connectivity index (χ0v) is 8.71. The molecule has 0 aromatic heterocycles. The molecule has 0 bridgehead atoms. The highest BCUT2D eigenvalue weighted by Gasteiger charge is 2.40. The minimum Gasteiger partial charge on any atom is -0.347 e. The van der Waals surface area contributed by atoms with Crippen molar-refractivity contribution in [2.24, 2.45) is 5.92 Å². The molecule has 0 atom stereocenters. The molecule has 0 amide bonds. The van der Waals surface area contributed by atoms with Crippen molar-refractivity contribution in [2.75, 3.05) is 32.8 Å². The Bertz CT molecular complexity index is 199. The van der Waals surface area contributed by atoms with Gasteiger partial charge in [-0.05, 0) is 18.8 Å². The third-order valence-electron chi connectivity index (χ3n) is 3.64. The van der Waals surface area contributed by atoms with Gasteiger partial charge < -0.3 is 14.4 Å². The summed E-state index contributed by atoms with van der Waals surface area (Å²) < 4.78 is 11.4. The Balaban J connectivity index is 1.50. The molecule has 1 aliphatic carbocycles. The Morgan fingerprint density at radius 1 is 1.07 bits per heavy atom. The molecule has 0 N–H and O–H groups in total. The summed E-state index contributed by atoms with van der Waals surface area (Å²) in [5.41, 5.74) is 0. The van der Waals surface area contributed by atoms with Crippen LogP contribution in [-0.2, 0) is 9.47 Å². The van der Waals surface area contributed by atoms with Crippen molar-refractivity contribution in [3.63, 3.8) is 0 Å². The Morgan fingerprint density at radius 2 is 1.71 bits per heavy atom. The van der Waals surface area contributed by atoms with Crippen molar-refractivity contribution in [1.82, 2.24) is 4.90 Å². The van der Waals surface area contributed by atoms with Gasteiger partial charge in [-0.1, -0.05) is 0 Å². The van der Waals surface area contributed by atoms with Crippen molar-refractivity contribution in [1.29, 1.82) is 0 Å². The summed E-state index contributed by atoms with van der Waals surface area (Å²) in [6.07, 6.45) is 5.04. The van der Waals surface area contributed by atoms with Gasteiger partial charge in [-0.25, -0.2) is 0 Å². The molecule has 0 radical (unpaired) electrons. The van der Waals surface area contributed by atoms with Crippen LogP contribution in [0.25, 0.3) is 0 Å². The molecule has 0 aromatic carbocycles. The van der Waals surface area contributed by atoms with Crippen LogP contribution >= 0.6 is 0 Å². The van der Waals surface area contributed by atoms with Gasteiger partial charge in [0.1, 0.15) is 0 Å². The van der Waals surface area contributed by atoms with Crippen molar-refractivity contribution >= 4 is 0 Å². The first-order valence-corrected chi connectivity index (χ1v) is 5.87. The van der Waals surface area contributed by atoms with E-state index in [1.54, 1.807) is 0 Å². The van der Waals surface area contributed by atoms with E-state index in [0.717, 1.165) is 45.1 Å². The molecule has 2 aliphatic heterocycles. The third kappa shape index (κ3) is 1.81. The Morgan fingerprint density at radius 3 is 2.29 bits per heavy atom. The Hall–Kier alpha value is -0.120. The minimum atomic E-state index is -0.181. The monoisotopic (exact) mass is 197 g/mol. The highest BCUT2D eigenvalue weighted by Crippen LogP contribution is 2.34. The fourth-order valence-corrected chi connectivity index (χ4v) is 2.53. The summed E-state index contributed by atoms with van der Waals surface area (Å²) >= 11 is 0. The molecule has 3 heteroatoms. The second-order valence-electron chi connectivity index (χ2n) is 4.85. The lowest BCUT2D eigenvalue weighted by Gasteiger charge is -2.37. The molecule has 0 aromatic rings. The fourth-order valence-electron chi connectivity index (χ4n) is 2.53. The summed E-state index contributed by atoms with van der Waals surface area (Å²) in [6.45, 7) is 5.23. The zero-order valence-electron chi connectivity index (χ0n) is 8.71. The number of ether oxygens (including phenoxy) is 2. The zero-order chi connectivity index (χ0) is 9.43. The first kappa shape index (κ1) is 9.13. The standard InChI is InChI=1S/C11H19NO2/c1-2-10(1)9-12-5-3-11(4-6-12)13-7-8-14-11/h10H,1-9H2. The van der Waals surface area contributed by atoms with E-state index in [9.17, 15) is 0 Å². The molecule has 2 saturated heterocycles. The van der Waals surface area contributed by atoms with Gasteiger partial charge in [-0.15, -0.1) is 0 Å². The van der Waals surface area contributed by atoms with Crippen LogP contribution in [-0.4, -0.2) is 43.5 Å². The molecule has 3 rings (SSSR count). The van der Waals surface area contributed by atoms with E-state index in [0.29, 0.717) is 0 Å².